The molecular formula is C22H20O10S. The lowest BCUT2D eigenvalue weighted by molar-refractivity contribution is -0.143. The van der Waals surface area contributed by atoms with Crippen LogP contribution in [0.1, 0.15) is 18.9 Å². The fourth-order valence-corrected chi connectivity index (χ4v) is 5.04. The number of ketones is 1. The van der Waals surface area contributed by atoms with Crippen LogP contribution in [0.25, 0.3) is 0 Å². The number of benzene rings is 1. The Labute approximate surface area is 189 Å². The van der Waals surface area contributed by atoms with E-state index in [1.54, 1.807) is 19.1 Å². The van der Waals surface area contributed by atoms with Gasteiger partial charge in [0.05, 0.1) is 24.4 Å². The van der Waals surface area contributed by atoms with Crippen molar-refractivity contribution in [2.24, 2.45) is 11.8 Å². The lowest BCUT2D eigenvalue weighted by Gasteiger charge is -2.27. The zero-order valence-corrected chi connectivity index (χ0v) is 18.2. The molecule has 0 bridgehead atoms. The van der Waals surface area contributed by atoms with Gasteiger partial charge in [-0.15, -0.1) is 0 Å². The zero-order valence-electron chi connectivity index (χ0n) is 17.4. The molecule has 1 fully saturated rings. The van der Waals surface area contributed by atoms with Gasteiger partial charge in [0.2, 0.25) is 0 Å². The van der Waals surface area contributed by atoms with Crippen LogP contribution >= 0.6 is 0 Å². The summed E-state index contributed by atoms with van der Waals surface area (Å²) in [5.74, 6) is -3.94. The maximum Gasteiger partial charge on any atom is 0.397 e. The molecule has 1 heterocycles. The van der Waals surface area contributed by atoms with Gasteiger partial charge in [-0.1, -0.05) is 24.3 Å². The van der Waals surface area contributed by atoms with Crippen molar-refractivity contribution in [3.63, 3.8) is 0 Å². The number of carbonyl (C=O) groups is 3. The first-order valence-electron chi connectivity index (χ1n) is 9.94. The van der Waals surface area contributed by atoms with Gasteiger partial charge >= 0.3 is 22.3 Å². The number of aromatic hydroxyl groups is 1. The molecule has 1 saturated heterocycles. The molecule has 0 saturated carbocycles. The standard InChI is InChI=1S/C22H20O10S/c1-10-7-16(32-33(27,28)29)19-11(2)22(26)31-21(19)20-15(9-14(24)18(10)20)30-17(25)8-12-3-5-13(23)6-4-12/h3-6,9,16,19-21,23H,2,7-8H2,1H3,(H,27,28,29)/t16-,19+,20-,21-/m0/s1. The molecule has 1 aromatic rings. The summed E-state index contributed by atoms with van der Waals surface area (Å²) in [7, 11) is -4.88. The maximum absolute atomic E-state index is 12.8. The van der Waals surface area contributed by atoms with E-state index in [0.29, 0.717) is 11.1 Å². The van der Waals surface area contributed by atoms with Crippen LogP contribution < -0.4 is 0 Å². The average molecular weight is 476 g/mol. The normalized spacial score (nSPS) is 27.0. The molecule has 3 aliphatic rings. The third kappa shape index (κ3) is 4.47. The summed E-state index contributed by atoms with van der Waals surface area (Å²) in [5, 5.41) is 9.37. The smallest absolute Gasteiger partial charge is 0.397 e. The number of hydrogen-bond acceptors (Lipinski definition) is 9. The Hall–Kier alpha value is -3.28. The van der Waals surface area contributed by atoms with Crippen LogP contribution in [0.5, 0.6) is 5.75 Å². The summed E-state index contributed by atoms with van der Waals surface area (Å²) < 4.78 is 47.7. The number of rotatable bonds is 5. The number of hydrogen-bond donors (Lipinski definition) is 2. The van der Waals surface area contributed by atoms with Gasteiger partial charge in [0.25, 0.3) is 0 Å². The molecule has 4 rings (SSSR count). The van der Waals surface area contributed by atoms with E-state index >= 15 is 0 Å². The van der Waals surface area contributed by atoms with Crippen molar-refractivity contribution in [1.82, 2.24) is 0 Å². The third-order valence-electron chi connectivity index (χ3n) is 5.88. The highest BCUT2D eigenvalue weighted by Crippen LogP contribution is 2.48. The third-order valence-corrected chi connectivity index (χ3v) is 6.37. The summed E-state index contributed by atoms with van der Waals surface area (Å²) >= 11 is 0. The van der Waals surface area contributed by atoms with Crippen molar-refractivity contribution in [2.45, 2.75) is 32.0 Å². The van der Waals surface area contributed by atoms with E-state index in [4.69, 9.17) is 13.7 Å². The molecule has 11 heteroatoms. The highest BCUT2D eigenvalue weighted by molar-refractivity contribution is 7.80. The van der Waals surface area contributed by atoms with Gasteiger partial charge < -0.3 is 14.6 Å². The van der Waals surface area contributed by atoms with E-state index in [1.807, 2.05) is 0 Å². The monoisotopic (exact) mass is 476 g/mol. The van der Waals surface area contributed by atoms with Crippen LogP contribution in [0.3, 0.4) is 0 Å². The first-order chi connectivity index (χ1) is 15.4. The van der Waals surface area contributed by atoms with Gasteiger partial charge in [-0.2, -0.15) is 8.42 Å². The van der Waals surface area contributed by atoms with Gasteiger partial charge in [0.15, 0.2) is 5.78 Å². The van der Waals surface area contributed by atoms with Crippen LogP contribution in [-0.2, 0) is 44.9 Å². The molecule has 2 N–H and O–H groups in total. The summed E-state index contributed by atoms with van der Waals surface area (Å²) in [6.45, 7) is 5.25. The molecule has 33 heavy (non-hydrogen) atoms. The zero-order chi connectivity index (χ0) is 24.1. The Balaban J connectivity index is 1.65. The Morgan fingerprint density at radius 1 is 1.24 bits per heavy atom. The molecule has 10 nitrogen and oxygen atoms in total. The van der Waals surface area contributed by atoms with Crippen molar-refractivity contribution in [3.05, 3.63) is 65.0 Å². The molecule has 4 atom stereocenters. The number of phenolic OH excluding ortho intramolecular Hbond substituents is 1. The number of ether oxygens (including phenoxy) is 2. The Morgan fingerprint density at radius 2 is 1.91 bits per heavy atom. The van der Waals surface area contributed by atoms with Crippen LogP contribution in [0.4, 0.5) is 0 Å². The SMILES string of the molecule is C=C1C(=O)O[C@@H]2[C@H]3C(OC(=O)Cc4ccc(O)cc4)=CC(=O)C3=C(C)C[C@H](OS(=O)(=O)O)[C@@H]12. The minimum absolute atomic E-state index is 0.0379. The molecular weight excluding hydrogens is 456 g/mol. The predicted molar refractivity (Wildman–Crippen MR) is 111 cm³/mol. The number of esters is 2. The molecule has 2 aliphatic carbocycles. The van der Waals surface area contributed by atoms with E-state index < -0.39 is 52.2 Å². The molecule has 0 aromatic heterocycles. The second-order valence-corrected chi connectivity index (χ2v) is 9.14. The summed E-state index contributed by atoms with van der Waals surface area (Å²) in [6, 6.07) is 5.92. The van der Waals surface area contributed by atoms with Crippen molar-refractivity contribution in [2.75, 3.05) is 0 Å². The van der Waals surface area contributed by atoms with Crippen LogP contribution in [0.15, 0.2) is 59.4 Å². The Bertz CT molecular complexity index is 1220. The molecule has 0 spiro atoms. The molecule has 1 aromatic carbocycles. The van der Waals surface area contributed by atoms with Gasteiger partial charge in [0.1, 0.15) is 17.6 Å². The van der Waals surface area contributed by atoms with Gasteiger partial charge in [-0.3, -0.25) is 14.1 Å². The van der Waals surface area contributed by atoms with Crippen LogP contribution in [0, 0.1) is 11.8 Å². The Morgan fingerprint density at radius 3 is 2.55 bits per heavy atom. The van der Waals surface area contributed by atoms with Gasteiger partial charge in [-0.25, -0.2) is 8.98 Å². The average Bonchev–Trinajstić information content (AvgIpc) is 3.13. The lowest BCUT2D eigenvalue weighted by Crippen LogP contribution is -2.36. The highest BCUT2D eigenvalue weighted by atomic mass is 32.3. The predicted octanol–water partition coefficient (Wildman–Crippen LogP) is 1.57. The first kappa shape index (κ1) is 22.9. The Kier molecular flexibility index (Phi) is 5.72. The summed E-state index contributed by atoms with van der Waals surface area (Å²) in [6.07, 6.45) is -1.47. The quantitative estimate of drug-likeness (QED) is 0.364. The van der Waals surface area contributed by atoms with Crippen molar-refractivity contribution < 1.29 is 46.1 Å². The number of fused-ring (bicyclic) bond motifs is 3. The lowest BCUT2D eigenvalue weighted by atomic mass is 9.84. The molecule has 0 unspecified atom stereocenters. The fourth-order valence-electron chi connectivity index (χ4n) is 4.54. The summed E-state index contributed by atoms with van der Waals surface area (Å²) in [5.41, 5.74) is 1.15. The largest absolute Gasteiger partial charge is 0.508 e. The number of phenols is 1. The summed E-state index contributed by atoms with van der Waals surface area (Å²) in [4.78, 5) is 37.6. The minimum atomic E-state index is -4.88. The number of carbonyl (C=O) groups excluding carboxylic acids is 3. The second kappa shape index (κ2) is 8.25. The molecule has 0 radical (unpaired) electrons. The minimum Gasteiger partial charge on any atom is -0.508 e. The van der Waals surface area contributed by atoms with E-state index in [0.717, 1.165) is 6.08 Å². The highest BCUT2D eigenvalue weighted by Gasteiger charge is 2.55. The second-order valence-electron chi connectivity index (χ2n) is 8.09. The van der Waals surface area contributed by atoms with E-state index in [1.165, 1.54) is 12.1 Å². The van der Waals surface area contributed by atoms with Gasteiger partial charge in [-0.05, 0) is 31.0 Å². The fraction of sp³-hybridized carbons (Fsp3) is 0.318. The van der Waals surface area contributed by atoms with Crippen molar-refractivity contribution in [1.29, 1.82) is 0 Å². The topological polar surface area (TPSA) is 154 Å². The van der Waals surface area contributed by atoms with Crippen LogP contribution in [-0.4, -0.2) is 48.0 Å². The molecule has 0 amide bonds. The van der Waals surface area contributed by atoms with Gasteiger partial charge in [0, 0.05) is 17.2 Å². The van der Waals surface area contributed by atoms with E-state index in [2.05, 4.69) is 6.58 Å². The number of allylic oxidation sites excluding steroid dienone is 1. The first-order valence-corrected chi connectivity index (χ1v) is 11.3. The maximum atomic E-state index is 12.8. The van der Waals surface area contributed by atoms with E-state index in [9.17, 15) is 32.5 Å². The van der Waals surface area contributed by atoms with E-state index in [-0.39, 0.29) is 35.5 Å². The molecule has 174 valence electrons. The van der Waals surface area contributed by atoms with Crippen molar-refractivity contribution >= 4 is 28.1 Å². The van der Waals surface area contributed by atoms with Crippen molar-refractivity contribution in [3.8, 4) is 5.75 Å². The van der Waals surface area contributed by atoms with Crippen LogP contribution in [0.2, 0.25) is 0 Å². The molecule has 1 aliphatic heterocycles.